The fourth-order valence-corrected chi connectivity index (χ4v) is 2.68. The summed E-state index contributed by atoms with van der Waals surface area (Å²) in [6, 6.07) is 14.3. The molecule has 1 heterocycles. The van der Waals surface area contributed by atoms with Gasteiger partial charge in [0.1, 0.15) is 5.71 Å². The van der Waals surface area contributed by atoms with Crippen molar-refractivity contribution in [3.8, 4) is 0 Å². The van der Waals surface area contributed by atoms with Crippen LogP contribution in [0.1, 0.15) is 28.4 Å². The number of anilines is 1. The Morgan fingerprint density at radius 3 is 2.64 bits per heavy atom. The first-order chi connectivity index (χ1) is 12.1. The van der Waals surface area contributed by atoms with Crippen LogP contribution in [0.4, 0.5) is 5.69 Å². The van der Waals surface area contributed by atoms with E-state index in [1.54, 1.807) is 12.1 Å². The Bertz CT molecular complexity index is 837. The fourth-order valence-electron chi connectivity index (χ4n) is 2.47. The van der Waals surface area contributed by atoms with Crippen LogP contribution in [0, 0.1) is 0 Å². The molecule has 128 valence electrons. The minimum absolute atomic E-state index is 0.270. The molecular weight excluding hydrogens is 342 g/mol. The topological polar surface area (TPSA) is 79.8 Å². The number of oxime groups is 1. The van der Waals surface area contributed by atoms with Crippen LogP contribution in [-0.2, 0) is 9.63 Å². The predicted molar refractivity (Wildman–Crippen MR) is 95.8 cm³/mol. The summed E-state index contributed by atoms with van der Waals surface area (Å²) in [6.07, 6.45) is 0.111. The molecule has 3 rings (SSSR count). The quantitative estimate of drug-likeness (QED) is 0.882. The molecule has 1 atom stereocenters. The van der Waals surface area contributed by atoms with Crippen molar-refractivity contribution in [3.05, 3.63) is 64.7 Å². The molecule has 7 heteroatoms. The first-order valence-electron chi connectivity index (χ1n) is 7.69. The monoisotopic (exact) mass is 357 g/mol. The molecule has 2 N–H and O–H groups in total. The van der Waals surface area contributed by atoms with Gasteiger partial charge in [-0.15, -0.1) is 0 Å². The van der Waals surface area contributed by atoms with E-state index in [0.29, 0.717) is 22.8 Å². The van der Waals surface area contributed by atoms with E-state index < -0.39 is 0 Å². The molecule has 6 nitrogen and oxygen atoms in total. The van der Waals surface area contributed by atoms with Gasteiger partial charge in [-0.3, -0.25) is 9.59 Å². The van der Waals surface area contributed by atoms with Crippen LogP contribution in [-0.4, -0.2) is 24.6 Å². The van der Waals surface area contributed by atoms with Crippen molar-refractivity contribution in [3.63, 3.8) is 0 Å². The maximum atomic E-state index is 12.4. The average Bonchev–Trinajstić information content (AvgIpc) is 3.14. The highest BCUT2D eigenvalue weighted by Gasteiger charge is 2.27. The van der Waals surface area contributed by atoms with Crippen LogP contribution >= 0.6 is 11.6 Å². The molecule has 0 aromatic heterocycles. The number of nitrogens with one attached hydrogen (secondary N) is 2. The molecule has 0 saturated heterocycles. The van der Waals surface area contributed by atoms with Gasteiger partial charge < -0.3 is 15.5 Å². The maximum absolute atomic E-state index is 12.4. The summed E-state index contributed by atoms with van der Waals surface area (Å²) in [5, 5.41) is 9.40. The van der Waals surface area contributed by atoms with E-state index in [2.05, 4.69) is 15.8 Å². The third-order valence-corrected chi connectivity index (χ3v) is 4.13. The van der Waals surface area contributed by atoms with Gasteiger partial charge in [-0.2, -0.15) is 0 Å². The van der Waals surface area contributed by atoms with E-state index in [1.807, 2.05) is 30.3 Å². The highest BCUT2D eigenvalue weighted by Crippen LogP contribution is 2.27. The van der Waals surface area contributed by atoms with Crippen molar-refractivity contribution in [2.75, 3.05) is 12.4 Å². The van der Waals surface area contributed by atoms with Gasteiger partial charge in [0.2, 0.25) is 0 Å². The molecule has 0 aliphatic carbocycles. The number of benzene rings is 2. The number of amides is 2. The number of hydrogen-bond acceptors (Lipinski definition) is 4. The van der Waals surface area contributed by atoms with Crippen LogP contribution in [0.15, 0.2) is 53.7 Å². The van der Waals surface area contributed by atoms with E-state index in [0.717, 1.165) is 5.56 Å². The number of halogens is 1. The van der Waals surface area contributed by atoms with Gasteiger partial charge in [0.25, 0.3) is 11.8 Å². The SMILES string of the molecule is CNC(=O)c1cc(NC(=O)C2=NOC(c3ccccc3)C2)ccc1Cl. The number of hydrogen-bond donors (Lipinski definition) is 2. The largest absolute Gasteiger partial charge is 0.387 e. The maximum Gasteiger partial charge on any atom is 0.273 e. The fraction of sp³-hybridized carbons (Fsp3) is 0.167. The first-order valence-corrected chi connectivity index (χ1v) is 8.07. The van der Waals surface area contributed by atoms with Crippen LogP contribution in [0.3, 0.4) is 0 Å². The van der Waals surface area contributed by atoms with Gasteiger partial charge in [-0.05, 0) is 23.8 Å². The summed E-state index contributed by atoms with van der Waals surface area (Å²) in [6.45, 7) is 0. The Labute approximate surface area is 149 Å². The summed E-state index contributed by atoms with van der Waals surface area (Å²) < 4.78 is 0. The Morgan fingerprint density at radius 2 is 1.92 bits per heavy atom. The lowest BCUT2D eigenvalue weighted by Crippen LogP contribution is -2.23. The average molecular weight is 358 g/mol. The van der Waals surface area contributed by atoms with Gasteiger partial charge >= 0.3 is 0 Å². The van der Waals surface area contributed by atoms with E-state index in [4.69, 9.17) is 16.4 Å². The van der Waals surface area contributed by atoms with Gasteiger partial charge in [0.05, 0.1) is 10.6 Å². The molecule has 25 heavy (non-hydrogen) atoms. The lowest BCUT2D eigenvalue weighted by molar-refractivity contribution is -0.110. The predicted octanol–water partition coefficient (Wildman–Crippen LogP) is 3.16. The minimum Gasteiger partial charge on any atom is -0.387 e. The summed E-state index contributed by atoms with van der Waals surface area (Å²) in [4.78, 5) is 29.5. The van der Waals surface area contributed by atoms with E-state index >= 15 is 0 Å². The smallest absolute Gasteiger partial charge is 0.273 e. The molecule has 1 unspecified atom stereocenters. The molecule has 0 radical (unpaired) electrons. The molecule has 0 saturated carbocycles. The van der Waals surface area contributed by atoms with Gasteiger partial charge in [-0.25, -0.2) is 0 Å². The Morgan fingerprint density at radius 1 is 1.16 bits per heavy atom. The molecule has 2 aromatic rings. The number of nitrogens with zero attached hydrogens (tertiary/aromatic N) is 1. The molecule has 2 amide bonds. The van der Waals surface area contributed by atoms with E-state index in [1.165, 1.54) is 13.1 Å². The zero-order valence-corrected chi connectivity index (χ0v) is 14.2. The van der Waals surface area contributed by atoms with Crippen molar-refractivity contribution in [1.29, 1.82) is 0 Å². The van der Waals surface area contributed by atoms with Gasteiger partial charge in [-0.1, -0.05) is 47.1 Å². The second-order valence-corrected chi connectivity index (χ2v) is 5.88. The summed E-state index contributed by atoms with van der Waals surface area (Å²) in [7, 11) is 1.51. The molecule has 0 bridgehead atoms. The number of rotatable bonds is 4. The third-order valence-electron chi connectivity index (χ3n) is 3.80. The lowest BCUT2D eigenvalue weighted by atomic mass is 10.0. The van der Waals surface area contributed by atoms with E-state index in [-0.39, 0.29) is 23.5 Å². The highest BCUT2D eigenvalue weighted by atomic mass is 35.5. The zero-order valence-electron chi connectivity index (χ0n) is 13.5. The minimum atomic E-state index is -0.372. The van der Waals surface area contributed by atoms with Crippen LogP contribution in [0.5, 0.6) is 0 Å². The Hall–Kier alpha value is -2.86. The zero-order chi connectivity index (χ0) is 17.8. The normalized spacial score (nSPS) is 15.9. The number of carbonyl (C=O) groups excluding carboxylic acids is 2. The lowest BCUT2D eigenvalue weighted by Gasteiger charge is -2.09. The molecule has 2 aromatic carbocycles. The van der Waals surface area contributed by atoms with Crippen molar-refractivity contribution in [2.24, 2.45) is 5.16 Å². The van der Waals surface area contributed by atoms with Crippen molar-refractivity contribution in [2.45, 2.75) is 12.5 Å². The van der Waals surface area contributed by atoms with Crippen molar-refractivity contribution in [1.82, 2.24) is 5.32 Å². The van der Waals surface area contributed by atoms with Crippen LogP contribution in [0.2, 0.25) is 5.02 Å². The standard InChI is InChI=1S/C18H16ClN3O3/c1-20-17(23)13-9-12(7-8-14(13)19)21-18(24)15-10-16(25-22-15)11-5-3-2-4-6-11/h2-9,16H,10H2,1H3,(H,20,23)(H,21,24). The van der Waals surface area contributed by atoms with Crippen LogP contribution in [0.25, 0.3) is 0 Å². The van der Waals surface area contributed by atoms with E-state index in [9.17, 15) is 9.59 Å². The van der Waals surface area contributed by atoms with Gasteiger partial charge in [0, 0.05) is 19.2 Å². The molecule has 0 fully saturated rings. The Balaban J connectivity index is 1.68. The van der Waals surface area contributed by atoms with Crippen molar-refractivity contribution < 1.29 is 14.4 Å². The molecular formula is C18H16ClN3O3. The summed E-state index contributed by atoms with van der Waals surface area (Å²) >= 11 is 6.00. The number of carbonyl (C=O) groups is 2. The summed E-state index contributed by atoms with van der Waals surface area (Å²) in [5.74, 6) is -0.699. The van der Waals surface area contributed by atoms with Crippen molar-refractivity contribution >= 4 is 34.8 Å². The molecule has 1 aliphatic heterocycles. The Kier molecular flexibility index (Phi) is 5.00. The van der Waals surface area contributed by atoms with Crippen LogP contribution < -0.4 is 10.6 Å². The third kappa shape index (κ3) is 3.80. The van der Waals surface area contributed by atoms with Gasteiger partial charge in [0.15, 0.2) is 6.10 Å². The summed E-state index contributed by atoms with van der Waals surface area (Å²) in [5.41, 5.74) is 2.00. The molecule has 0 spiro atoms. The highest BCUT2D eigenvalue weighted by molar-refractivity contribution is 6.43. The second kappa shape index (κ2) is 7.36. The molecule has 1 aliphatic rings. The first kappa shape index (κ1) is 17.0. The second-order valence-electron chi connectivity index (χ2n) is 5.47.